The van der Waals surface area contributed by atoms with Crippen molar-refractivity contribution in [1.29, 1.82) is 0 Å². The van der Waals surface area contributed by atoms with Crippen molar-refractivity contribution in [3.05, 3.63) is 59.9 Å². The van der Waals surface area contributed by atoms with Crippen LogP contribution < -0.4 is 10.5 Å². The quantitative estimate of drug-likeness (QED) is 0.546. The molecule has 154 valence electrons. The van der Waals surface area contributed by atoms with Crippen LogP contribution in [0.1, 0.15) is 11.4 Å². The van der Waals surface area contributed by atoms with Gasteiger partial charge in [-0.2, -0.15) is 4.52 Å². The number of hydrogen-bond donors (Lipinski definition) is 1. The number of fused-ring (bicyclic) bond motifs is 3. The van der Waals surface area contributed by atoms with Gasteiger partial charge in [-0.1, -0.05) is 36.4 Å². The molecule has 0 aliphatic carbocycles. The number of anilines is 1. The summed E-state index contributed by atoms with van der Waals surface area (Å²) in [5.74, 6) is 1.69. The SMILES string of the molecule is COc1cccc2c1nc(N)n1nc(CN3CCO[C@@H](Cc4ccccc4)C3)nc21. The van der Waals surface area contributed by atoms with E-state index in [1.54, 1.807) is 11.6 Å². The maximum atomic E-state index is 6.16. The lowest BCUT2D eigenvalue weighted by Crippen LogP contribution is -2.43. The molecule has 1 atom stereocenters. The number of hydrogen-bond acceptors (Lipinski definition) is 7. The molecule has 2 N–H and O–H groups in total. The molecule has 1 fully saturated rings. The third-order valence-corrected chi connectivity index (χ3v) is 5.45. The van der Waals surface area contributed by atoms with Crippen molar-refractivity contribution in [3.63, 3.8) is 0 Å². The lowest BCUT2D eigenvalue weighted by molar-refractivity contribution is -0.0312. The largest absolute Gasteiger partial charge is 0.494 e. The van der Waals surface area contributed by atoms with Gasteiger partial charge < -0.3 is 15.2 Å². The minimum Gasteiger partial charge on any atom is -0.494 e. The maximum Gasteiger partial charge on any atom is 0.223 e. The van der Waals surface area contributed by atoms with Gasteiger partial charge >= 0.3 is 0 Å². The molecule has 2 aromatic carbocycles. The number of methoxy groups -OCH3 is 1. The Morgan fingerprint density at radius 1 is 1.13 bits per heavy atom. The van der Waals surface area contributed by atoms with Crippen molar-refractivity contribution in [2.75, 3.05) is 32.5 Å². The van der Waals surface area contributed by atoms with E-state index >= 15 is 0 Å². The summed E-state index contributed by atoms with van der Waals surface area (Å²) in [7, 11) is 1.62. The summed E-state index contributed by atoms with van der Waals surface area (Å²) in [6.45, 7) is 3.03. The third kappa shape index (κ3) is 3.55. The van der Waals surface area contributed by atoms with Crippen molar-refractivity contribution in [1.82, 2.24) is 24.5 Å². The topological polar surface area (TPSA) is 90.8 Å². The molecule has 1 aliphatic rings. The first-order chi connectivity index (χ1) is 14.7. The second-order valence-corrected chi connectivity index (χ2v) is 7.51. The summed E-state index contributed by atoms with van der Waals surface area (Å²) in [4.78, 5) is 11.6. The average Bonchev–Trinajstić information content (AvgIpc) is 3.19. The zero-order chi connectivity index (χ0) is 20.5. The first-order valence-electron chi connectivity index (χ1n) is 10.1. The summed E-state index contributed by atoms with van der Waals surface area (Å²) >= 11 is 0. The van der Waals surface area contributed by atoms with Gasteiger partial charge in [-0.05, 0) is 24.1 Å². The number of aromatic nitrogens is 4. The zero-order valence-electron chi connectivity index (χ0n) is 16.9. The Hall–Kier alpha value is -3.23. The second kappa shape index (κ2) is 7.89. The van der Waals surface area contributed by atoms with Crippen LogP contribution >= 0.6 is 0 Å². The molecule has 8 nitrogen and oxygen atoms in total. The standard InChI is InChI=1S/C22H24N6O2/c1-29-18-9-5-8-17-20(18)25-22(23)28-21(17)24-19(26-28)14-27-10-11-30-16(13-27)12-15-6-3-2-4-7-15/h2-9,16H,10-14H2,1H3,(H2,23,25)/t16-/m0/s1. The van der Waals surface area contributed by atoms with E-state index in [2.05, 4.69) is 39.2 Å². The number of benzene rings is 2. The Balaban J connectivity index is 1.39. The average molecular weight is 404 g/mol. The summed E-state index contributed by atoms with van der Waals surface area (Å²) < 4.78 is 13.0. The van der Waals surface area contributed by atoms with Gasteiger partial charge in [0.2, 0.25) is 5.95 Å². The number of ether oxygens (including phenoxy) is 2. The molecule has 0 spiro atoms. The number of para-hydroxylation sites is 1. The molecule has 4 aromatic rings. The molecular weight excluding hydrogens is 380 g/mol. The van der Waals surface area contributed by atoms with E-state index in [-0.39, 0.29) is 6.10 Å². The maximum absolute atomic E-state index is 6.16. The van der Waals surface area contributed by atoms with Gasteiger partial charge in [0.05, 0.1) is 26.4 Å². The molecule has 8 heteroatoms. The molecule has 0 unspecified atom stereocenters. The van der Waals surface area contributed by atoms with E-state index in [9.17, 15) is 0 Å². The van der Waals surface area contributed by atoms with E-state index in [1.165, 1.54) is 5.56 Å². The summed E-state index contributed by atoms with van der Waals surface area (Å²) in [6.07, 6.45) is 1.06. The summed E-state index contributed by atoms with van der Waals surface area (Å²) in [6, 6.07) is 16.2. The highest BCUT2D eigenvalue weighted by Gasteiger charge is 2.23. The lowest BCUT2D eigenvalue weighted by atomic mass is 10.1. The van der Waals surface area contributed by atoms with E-state index in [1.807, 2.05) is 24.3 Å². The van der Waals surface area contributed by atoms with Crippen LogP contribution in [-0.4, -0.2) is 57.4 Å². The fourth-order valence-electron chi connectivity index (χ4n) is 4.03. The van der Waals surface area contributed by atoms with Crippen LogP contribution in [-0.2, 0) is 17.7 Å². The molecule has 1 saturated heterocycles. The van der Waals surface area contributed by atoms with Gasteiger partial charge in [-0.15, -0.1) is 5.10 Å². The number of morpholine rings is 1. The van der Waals surface area contributed by atoms with Crippen LogP contribution in [0.2, 0.25) is 0 Å². The highest BCUT2D eigenvalue weighted by Crippen LogP contribution is 2.27. The van der Waals surface area contributed by atoms with Crippen LogP contribution in [0.5, 0.6) is 5.75 Å². The number of nitrogen functional groups attached to an aromatic ring is 1. The number of rotatable bonds is 5. The van der Waals surface area contributed by atoms with Crippen LogP contribution in [0, 0.1) is 0 Å². The minimum absolute atomic E-state index is 0.162. The molecule has 3 heterocycles. The Bertz CT molecular complexity index is 1180. The molecular formula is C22H24N6O2. The lowest BCUT2D eigenvalue weighted by Gasteiger charge is -2.32. The van der Waals surface area contributed by atoms with Gasteiger partial charge in [0.15, 0.2) is 11.5 Å². The van der Waals surface area contributed by atoms with Crippen LogP contribution in [0.4, 0.5) is 5.95 Å². The highest BCUT2D eigenvalue weighted by atomic mass is 16.5. The van der Waals surface area contributed by atoms with Crippen molar-refractivity contribution >= 4 is 22.5 Å². The van der Waals surface area contributed by atoms with E-state index in [0.29, 0.717) is 36.0 Å². The van der Waals surface area contributed by atoms with Crippen LogP contribution in [0.25, 0.3) is 16.6 Å². The summed E-state index contributed by atoms with van der Waals surface area (Å²) in [5, 5.41) is 5.48. The van der Waals surface area contributed by atoms with Crippen molar-refractivity contribution in [2.24, 2.45) is 0 Å². The van der Waals surface area contributed by atoms with Crippen LogP contribution in [0.15, 0.2) is 48.5 Å². The highest BCUT2D eigenvalue weighted by molar-refractivity contribution is 5.95. The Labute approximate surface area is 174 Å². The normalized spacial score (nSPS) is 17.6. The first-order valence-corrected chi connectivity index (χ1v) is 10.1. The Morgan fingerprint density at radius 2 is 2.00 bits per heavy atom. The molecule has 1 aliphatic heterocycles. The second-order valence-electron chi connectivity index (χ2n) is 7.51. The van der Waals surface area contributed by atoms with Crippen molar-refractivity contribution in [2.45, 2.75) is 19.1 Å². The minimum atomic E-state index is 0.162. The fourth-order valence-corrected chi connectivity index (χ4v) is 4.03. The smallest absolute Gasteiger partial charge is 0.223 e. The molecule has 0 bridgehead atoms. The van der Waals surface area contributed by atoms with Crippen LogP contribution in [0.3, 0.4) is 0 Å². The predicted molar refractivity (Wildman–Crippen MR) is 114 cm³/mol. The van der Waals surface area contributed by atoms with Gasteiger partial charge in [-0.3, -0.25) is 4.90 Å². The van der Waals surface area contributed by atoms with Crippen molar-refractivity contribution < 1.29 is 9.47 Å². The fraction of sp³-hybridized carbons (Fsp3) is 0.318. The van der Waals surface area contributed by atoms with E-state index in [4.69, 9.17) is 20.2 Å². The molecule has 0 saturated carbocycles. The molecule has 2 aromatic heterocycles. The van der Waals surface area contributed by atoms with Gasteiger partial charge in [0.1, 0.15) is 11.3 Å². The third-order valence-electron chi connectivity index (χ3n) is 5.45. The van der Waals surface area contributed by atoms with Gasteiger partial charge in [0.25, 0.3) is 0 Å². The van der Waals surface area contributed by atoms with Gasteiger partial charge in [0, 0.05) is 18.5 Å². The Morgan fingerprint density at radius 3 is 2.83 bits per heavy atom. The zero-order valence-corrected chi connectivity index (χ0v) is 16.9. The number of nitrogens with two attached hydrogens (primary N) is 1. The Kier molecular flexibility index (Phi) is 4.94. The van der Waals surface area contributed by atoms with E-state index < -0.39 is 0 Å². The molecule has 0 radical (unpaired) electrons. The predicted octanol–water partition coefficient (Wildman–Crippen LogP) is 2.31. The van der Waals surface area contributed by atoms with Gasteiger partial charge in [-0.25, -0.2) is 9.97 Å². The first kappa shape index (κ1) is 18.8. The van der Waals surface area contributed by atoms with Crippen molar-refractivity contribution in [3.8, 4) is 5.75 Å². The molecule has 0 amide bonds. The monoisotopic (exact) mass is 404 g/mol. The number of nitrogens with zero attached hydrogens (tertiary/aromatic N) is 5. The molecule has 30 heavy (non-hydrogen) atoms. The summed E-state index contributed by atoms with van der Waals surface area (Å²) in [5.41, 5.74) is 8.83. The van der Waals surface area contributed by atoms with E-state index in [0.717, 1.165) is 30.7 Å². The molecule has 5 rings (SSSR count).